The number of benzene rings is 1. The fourth-order valence-electron chi connectivity index (χ4n) is 3.44. The zero-order chi connectivity index (χ0) is 19.1. The van der Waals surface area contributed by atoms with Crippen LogP contribution in [0, 0.1) is 0 Å². The van der Waals surface area contributed by atoms with E-state index < -0.39 is 24.8 Å². The van der Waals surface area contributed by atoms with Gasteiger partial charge < -0.3 is 28.8 Å². The number of aliphatic hydroxyl groups is 1. The van der Waals surface area contributed by atoms with Gasteiger partial charge in [-0.05, 0) is 12.8 Å². The quantitative estimate of drug-likeness (QED) is 0.664. The summed E-state index contributed by atoms with van der Waals surface area (Å²) in [7, 11) is 0. The molecule has 27 heavy (non-hydrogen) atoms. The molecule has 2 saturated heterocycles. The molecule has 2 heterocycles. The van der Waals surface area contributed by atoms with Crippen LogP contribution >= 0.6 is 0 Å². The normalized spacial score (nSPS) is 33.6. The Morgan fingerprint density at radius 2 is 1.63 bits per heavy atom. The van der Waals surface area contributed by atoms with E-state index >= 15 is 0 Å². The molecule has 1 aromatic carbocycles. The Morgan fingerprint density at radius 1 is 0.963 bits per heavy atom. The van der Waals surface area contributed by atoms with E-state index in [0.29, 0.717) is 19.8 Å². The van der Waals surface area contributed by atoms with E-state index in [-0.39, 0.29) is 12.2 Å². The van der Waals surface area contributed by atoms with Crippen LogP contribution in [0.15, 0.2) is 30.3 Å². The number of rotatable bonds is 9. The first-order valence-corrected chi connectivity index (χ1v) is 10.1. The lowest BCUT2D eigenvalue weighted by atomic mass is 9.97. The number of aliphatic hydroxyl groups excluding tert-OH is 1. The van der Waals surface area contributed by atoms with Crippen molar-refractivity contribution in [2.45, 2.75) is 76.5 Å². The van der Waals surface area contributed by atoms with Crippen LogP contribution in [0.1, 0.15) is 51.4 Å². The van der Waals surface area contributed by atoms with Gasteiger partial charge in [0.05, 0.1) is 6.61 Å². The molecule has 6 atom stereocenters. The molecule has 1 aromatic rings. The maximum Gasteiger partial charge on any atom is 0.184 e. The second kappa shape index (κ2) is 10.5. The topological polar surface area (TPSA) is 66.4 Å². The summed E-state index contributed by atoms with van der Waals surface area (Å²) in [6, 6.07) is 9.84. The van der Waals surface area contributed by atoms with Crippen LogP contribution in [-0.4, -0.2) is 55.6 Å². The molecule has 0 spiro atoms. The van der Waals surface area contributed by atoms with Gasteiger partial charge in [0.25, 0.3) is 0 Å². The molecule has 2 aliphatic rings. The first-order chi connectivity index (χ1) is 13.2. The van der Waals surface area contributed by atoms with Crippen LogP contribution < -0.4 is 0 Å². The maximum atomic E-state index is 10.5. The minimum absolute atomic E-state index is 0.344. The van der Waals surface area contributed by atoms with E-state index in [4.69, 9.17) is 23.7 Å². The van der Waals surface area contributed by atoms with Crippen molar-refractivity contribution in [3.8, 4) is 0 Å². The molecule has 6 unspecified atom stereocenters. The third kappa shape index (κ3) is 5.28. The Kier molecular flexibility index (Phi) is 8.06. The van der Waals surface area contributed by atoms with E-state index in [0.717, 1.165) is 31.2 Å². The van der Waals surface area contributed by atoms with Gasteiger partial charge in [0.15, 0.2) is 12.6 Å². The van der Waals surface area contributed by atoms with Crippen LogP contribution in [0.4, 0.5) is 0 Å². The zero-order valence-corrected chi connectivity index (χ0v) is 16.3. The smallest absolute Gasteiger partial charge is 0.184 e. The lowest BCUT2D eigenvalue weighted by Gasteiger charge is -2.47. The average Bonchev–Trinajstić information content (AvgIpc) is 2.70. The predicted molar refractivity (Wildman–Crippen MR) is 100 cm³/mol. The van der Waals surface area contributed by atoms with Crippen LogP contribution in [-0.2, 0) is 23.7 Å². The van der Waals surface area contributed by atoms with Gasteiger partial charge in [-0.15, -0.1) is 0 Å². The molecule has 1 N–H and O–H groups in total. The molecule has 0 amide bonds. The average molecular weight is 380 g/mol. The van der Waals surface area contributed by atoms with Gasteiger partial charge in [0.2, 0.25) is 0 Å². The van der Waals surface area contributed by atoms with Crippen LogP contribution in [0.2, 0.25) is 0 Å². The number of unbranched alkanes of at least 4 members (excludes halogenated alkanes) is 2. The van der Waals surface area contributed by atoms with Gasteiger partial charge in [-0.2, -0.15) is 0 Å². The van der Waals surface area contributed by atoms with E-state index in [1.165, 1.54) is 0 Å². The first kappa shape index (κ1) is 20.7. The zero-order valence-electron chi connectivity index (χ0n) is 16.3. The van der Waals surface area contributed by atoms with Gasteiger partial charge in [0, 0.05) is 18.8 Å². The van der Waals surface area contributed by atoms with Crippen molar-refractivity contribution in [1.82, 2.24) is 0 Å². The second-order valence-electron chi connectivity index (χ2n) is 7.12. The number of fused-ring (bicyclic) bond motifs is 1. The molecule has 6 nitrogen and oxygen atoms in total. The van der Waals surface area contributed by atoms with Crippen molar-refractivity contribution < 1.29 is 28.8 Å². The van der Waals surface area contributed by atoms with Crippen LogP contribution in [0.25, 0.3) is 0 Å². The third-order valence-corrected chi connectivity index (χ3v) is 4.99. The molecule has 0 aliphatic carbocycles. The highest BCUT2D eigenvalue weighted by Gasteiger charge is 2.50. The summed E-state index contributed by atoms with van der Waals surface area (Å²) in [5.74, 6) is 0. The fraction of sp³-hybridized carbons (Fsp3) is 0.714. The minimum atomic E-state index is -1.05. The lowest BCUT2D eigenvalue weighted by molar-refractivity contribution is -0.364. The van der Waals surface area contributed by atoms with E-state index in [2.05, 4.69) is 13.8 Å². The molecular weight excluding hydrogens is 348 g/mol. The summed E-state index contributed by atoms with van der Waals surface area (Å²) in [4.78, 5) is 0. The van der Waals surface area contributed by atoms with Gasteiger partial charge in [0.1, 0.15) is 24.4 Å². The van der Waals surface area contributed by atoms with Gasteiger partial charge in [-0.1, -0.05) is 57.0 Å². The highest BCUT2D eigenvalue weighted by Crippen LogP contribution is 2.35. The van der Waals surface area contributed by atoms with Gasteiger partial charge in [-0.3, -0.25) is 0 Å². The van der Waals surface area contributed by atoms with E-state index in [1.807, 2.05) is 30.3 Å². The van der Waals surface area contributed by atoms with Crippen molar-refractivity contribution in [3.05, 3.63) is 35.9 Å². The second-order valence-corrected chi connectivity index (χ2v) is 7.12. The largest absolute Gasteiger partial charge is 0.372 e. The van der Waals surface area contributed by atoms with E-state index in [9.17, 15) is 5.11 Å². The molecule has 2 aliphatic heterocycles. The molecular formula is C21H32O6. The summed E-state index contributed by atoms with van der Waals surface area (Å²) in [6.45, 7) is 5.73. The molecule has 2 fully saturated rings. The maximum absolute atomic E-state index is 10.5. The monoisotopic (exact) mass is 380 g/mol. The highest BCUT2D eigenvalue weighted by atomic mass is 16.7. The SMILES string of the molecule is CCCCOC1C(O)OC2COC(c3ccccc3)OC2C1OCCCC. The minimum Gasteiger partial charge on any atom is -0.372 e. The van der Waals surface area contributed by atoms with Gasteiger partial charge >= 0.3 is 0 Å². The summed E-state index contributed by atoms with van der Waals surface area (Å²) in [5.41, 5.74) is 0.956. The summed E-state index contributed by atoms with van der Waals surface area (Å²) < 4.78 is 29.9. The Bertz CT molecular complexity index is 539. The summed E-state index contributed by atoms with van der Waals surface area (Å²) in [5, 5.41) is 10.5. The van der Waals surface area contributed by atoms with Crippen LogP contribution in [0.5, 0.6) is 0 Å². The van der Waals surface area contributed by atoms with Crippen LogP contribution in [0.3, 0.4) is 0 Å². The molecule has 0 radical (unpaired) electrons. The molecule has 0 aromatic heterocycles. The number of ether oxygens (including phenoxy) is 5. The Labute approximate surface area is 161 Å². The van der Waals surface area contributed by atoms with Crippen molar-refractivity contribution in [2.75, 3.05) is 19.8 Å². The fourth-order valence-corrected chi connectivity index (χ4v) is 3.44. The summed E-state index contributed by atoms with van der Waals surface area (Å²) in [6.07, 6.45) is 0.737. The van der Waals surface area contributed by atoms with Crippen molar-refractivity contribution in [2.24, 2.45) is 0 Å². The molecule has 152 valence electrons. The van der Waals surface area contributed by atoms with Crippen molar-refractivity contribution in [1.29, 1.82) is 0 Å². The molecule has 0 saturated carbocycles. The van der Waals surface area contributed by atoms with E-state index in [1.54, 1.807) is 0 Å². The molecule has 6 heteroatoms. The summed E-state index contributed by atoms with van der Waals surface area (Å²) >= 11 is 0. The molecule has 0 bridgehead atoms. The van der Waals surface area contributed by atoms with Crippen molar-refractivity contribution in [3.63, 3.8) is 0 Å². The van der Waals surface area contributed by atoms with Gasteiger partial charge in [-0.25, -0.2) is 0 Å². The first-order valence-electron chi connectivity index (χ1n) is 10.1. The lowest BCUT2D eigenvalue weighted by Crippen LogP contribution is -2.63. The predicted octanol–water partition coefficient (Wildman–Crippen LogP) is 3.19. The number of hydrogen-bond donors (Lipinski definition) is 1. The van der Waals surface area contributed by atoms with Crippen molar-refractivity contribution >= 4 is 0 Å². The molecule has 3 rings (SSSR count). The Balaban J connectivity index is 1.73. The Morgan fingerprint density at radius 3 is 2.30 bits per heavy atom. The third-order valence-electron chi connectivity index (χ3n) is 4.99. The number of hydrogen-bond acceptors (Lipinski definition) is 6. The highest BCUT2D eigenvalue weighted by molar-refractivity contribution is 5.16. The standard InChI is InChI=1S/C21H32O6/c1-3-5-12-23-18-17-16(26-20(22)19(18)24-13-6-4-2)14-25-21(27-17)15-10-8-7-9-11-15/h7-11,16-22H,3-6,12-14H2,1-2H3. The Hall–Kier alpha value is -1.02.